The zero-order chi connectivity index (χ0) is 28.9. The van der Waals surface area contributed by atoms with Gasteiger partial charge in [0.25, 0.3) is 5.91 Å². The Morgan fingerprint density at radius 3 is 2.61 bits per heavy atom. The number of nitrogens with zero attached hydrogens (tertiary/aromatic N) is 1. The monoisotopic (exact) mass is 629 g/mol. The van der Waals surface area contributed by atoms with Crippen molar-refractivity contribution in [1.29, 1.82) is 0 Å². The van der Waals surface area contributed by atoms with Crippen LogP contribution in [0.4, 0.5) is 0 Å². The van der Waals surface area contributed by atoms with E-state index in [1.807, 2.05) is 36.4 Å². The molecule has 0 saturated heterocycles. The first-order chi connectivity index (χ1) is 19.9. The largest absolute Gasteiger partial charge is 0.497 e. The first-order valence-electron chi connectivity index (χ1n) is 12.8. The van der Waals surface area contributed by atoms with Gasteiger partial charge in [-0.05, 0) is 54.4 Å². The van der Waals surface area contributed by atoms with Crippen LogP contribution in [0, 0.1) is 0 Å². The lowest BCUT2D eigenvalue weighted by atomic mass is 9.99. The molecule has 0 fully saturated rings. The van der Waals surface area contributed by atoms with Crippen LogP contribution in [0.5, 0.6) is 11.5 Å². The number of aromatic nitrogens is 1. The molecule has 1 amide bonds. The molecule has 0 saturated carbocycles. The highest BCUT2D eigenvalue weighted by atomic mass is 79.9. The fraction of sp³-hybridized carbons (Fsp3) is 0.0938. The Kier molecular flexibility index (Phi) is 8.52. The van der Waals surface area contributed by atoms with Crippen molar-refractivity contribution >= 4 is 56.5 Å². The van der Waals surface area contributed by atoms with Gasteiger partial charge < -0.3 is 14.5 Å². The molecular formula is C32H25BrClN3O4. The number of hydrazone groups is 1. The normalized spacial score (nSPS) is 11.1. The molecule has 1 heterocycles. The molecule has 5 rings (SSSR count). The quantitative estimate of drug-likeness (QED) is 0.0792. The van der Waals surface area contributed by atoms with Crippen molar-refractivity contribution in [3.63, 3.8) is 0 Å². The van der Waals surface area contributed by atoms with Gasteiger partial charge in [-0.15, -0.1) is 0 Å². The second-order valence-electron chi connectivity index (χ2n) is 9.05. The Morgan fingerprint density at radius 2 is 1.83 bits per heavy atom. The van der Waals surface area contributed by atoms with Crippen molar-refractivity contribution in [2.45, 2.75) is 13.3 Å². The van der Waals surface area contributed by atoms with E-state index in [2.05, 4.69) is 38.4 Å². The molecule has 0 aliphatic rings. The zero-order valence-corrected chi connectivity index (χ0v) is 24.5. The lowest BCUT2D eigenvalue weighted by molar-refractivity contribution is 0.0733. The van der Waals surface area contributed by atoms with Gasteiger partial charge in [-0.1, -0.05) is 76.9 Å². The maximum Gasteiger partial charge on any atom is 0.343 e. The number of fused-ring (bicyclic) bond motifs is 1. The van der Waals surface area contributed by atoms with Crippen molar-refractivity contribution in [1.82, 2.24) is 10.4 Å². The molecule has 0 radical (unpaired) electrons. The van der Waals surface area contributed by atoms with E-state index in [-0.39, 0.29) is 5.75 Å². The summed E-state index contributed by atoms with van der Waals surface area (Å²) in [6.07, 6.45) is 2.21. The molecule has 9 heteroatoms. The average molecular weight is 631 g/mol. The van der Waals surface area contributed by atoms with E-state index in [1.54, 1.807) is 48.5 Å². The minimum absolute atomic E-state index is 0.272. The minimum atomic E-state index is -0.556. The van der Waals surface area contributed by atoms with Gasteiger partial charge in [0, 0.05) is 37.1 Å². The smallest absolute Gasteiger partial charge is 0.343 e. The predicted octanol–water partition coefficient (Wildman–Crippen LogP) is 7.80. The lowest BCUT2D eigenvalue weighted by Crippen LogP contribution is -2.19. The zero-order valence-electron chi connectivity index (χ0n) is 22.2. The Balaban J connectivity index is 1.44. The van der Waals surface area contributed by atoms with Crippen molar-refractivity contribution in [3.05, 3.63) is 117 Å². The molecule has 41 heavy (non-hydrogen) atoms. The van der Waals surface area contributed by atoms with Crippen molar-refractivity contribution in [2.24, 2.45) is 5.10 Å². The van der Waals surface area contributed by atoms with Crippen LogP contribution in [-0.4, -0.2) is 30.2 Å². The van der Waals surface area contributed by atoms with Gasteiger partial charge in [-0.2, -0.15) is 5.10 Å². The molecule has 206 valence electrons. The highest BCUT2D eigenvalue weighted by Crippen LogP contribution is 2.37. The van der Waals surface area contributed by atoms with Crippen LogP contribution >= 0.6 is 27.5 Å². The van der Waals surface area contributed by atoms with Gasteiger partial charge in [-0.3, -0.25) is 4.79 Å². The Morgan fingerprint density at radius 1 is 1.02 bits per heavy atom. The highest BCUT2D eigenvalue weighted by Gasteiger charge is 2.22. The number of esters is 1. The van der Waals surface area contributed by atoms with Crippen LogP contribution in [0.2, 0.25) is 5.02 Å². The second-order valence-corrected chi connectivity index (χ2v) is 10.4. The number of aryl methyl sites for hydroxylation is 1. The average Bonchev–Trinajstić information content (AvgIpc) is 3.38. The third-order valence-electron chi connectivity index (χ3n) is 6.52. The number of benzene rings is 4. The molecule has 0 bridgehead atoms. The van der Waals surface area contributed by atoms with E-state index >= 15 is 0 Å². The fourth-order valence-corrected chi connectivity index (χ4v) is 5.13. The van der Waals surface area contributed by atoms with E-state index < -0.39 is 11.9 Å². The first kappa shape index (κ1) is 28.1. The van der Waals surface area contributed by atoms with Gasteiger partial charge in [0.15, 0.2) is 0 Å². The molecule has 0 aliphatic heterocycles. The van der Waals surface area contributed by atoms with Gasteiger partial charge >= 0.3 is 5.97 Å². The Bertz CT molecular complexity index is 1800. The van der Waals surface area contributed by atoms with Crippen LogP contribution in [0.1, 0.15) is 38.9 Å². The van der Waals surface area contributed by atoms with E-state index in [9.17, 15) is 9.59 Å². The lowest BCUT2D eigenvalue weighted by Gasteiger charge is -2.09. The summed E-state index contributed by atoms with van der Waals surface area (Å²) < 4.78 is 11.6. The summed E-state index contributed by atoms with van der Waals surface area (Å²) in [6, 6.07) is 25.2. The summed E-state index contributed by atoms with van der Waals surface area (Å²) >= 11 is 9.99. The van der Waals surface area contributed by atoms with Gasteiger partial charge in [0.2, 0.25) is 0 Å². The van der Waals surface area contributed by atoms with Crippen LogP contribution < -0.4 is 14.9 Å². The Hall–Kier alpha value is -4.40. The number of hydrogen-bond donors (Lipinski definition) is 2. The summed E-state index contributed by atoms with van der Waals surface area (Å²) in [5.41, 5.74) is 7.14. The number of H-pyrrole nitrogens is 1. The van der Waals surface area contributed by atoms with Gasteiger partial charge in [0.05, 0.1) is 18.9 Å². The number of rotatable bonds is 8. The van der Waals surface area contributed by atoms with Crippen molar-refractivity contribution in [3.8, 4) is 22.6 Å². The summed E-state index contributed by atoms with van der Waals surface area (Å²) in [5.74, 6) is -0.189. The maximum atomic E-state index is 13.5. The van der Waals surface area contributed by atoms with Crippen LogP contribution in [0.3, 0.4) is 0 Å². The first-order valence-corrected chi connectivity index (χ1v) is 13.9. The molecule has 1 aromatic heterocycles. The molecular weight excluding hydrogens is 606 g/mol. The summed E-state index contributed by atoms with van der Waals surface area (Å²) in [7, 11) is 1.53. The number of ether oxygens (including phenoxy) is 2. The molecule has 7 nitrogen and oxygen atoms in total. The summed E-state index contributed by atoms with van der Waals surface area (Å²) in [4.78, 5) is 29.6. The number of hydrogen-bond acceptors (Lipinski definition) is 5. The van der Waals surface area contributed by atoms with E-state index in [4.69, 9.17) is 21.1 Å². The van der Waals surface area contributed by atoms with Gasteiger partial charge in [0.1, 0.15) is 17.2 Å². The second kappa shape index (κ2) is 12.4. The summed E-state index contributed by atoms with van der Waals surface area (Å²) in [5, 5.41) is 5.61. The molecule has 0 unspecified atom stereocenters. The third kappa shape index (κ3) is 6.04. The van der Waals surface area contributed by atoms with E-state index in [0.29, 0.717) is 33.2 Å². The molecule has 5 aromatic rings. The third-order valence-corrected chi connectivity index (χ3v) is 7.34. The number of methoxy groups -OCH3 is 1. The van der Waals surface area contributed by atoms with E-state index in [0.717, 1.165) is 32.9 Å². The number of carbonyl (C=O) groups is 2. The predicted molar refractivity (Wildman–Crippen MR) is 165 cm³/mol. The molecule has 0 spiro atoms. The standard InChI is InChI=1S/C32H25BrClN3O4/c1-3-19-8-7-12-25-28(24-11-4-5-13-26(24)34)30(36-29(19)25)31(38)37-35-18-21-16-22(33)14-15-27(21)41-32(39)20-9-6-10-23(17-20)40-2/h4-18,36H,3H2,1-2H3,(H,37,38). The number of amides is 1. The molecule has 0 atom stereocenters. The fourth-order valence-electron chi connectivity index (χ4n) is 4.53. The van der Waals surface area contributed by atoms with Crippen molar-refractivity contribution < 1.29 is 19.1 Å². The number of halogens is 2. The number of para-hydroxylation sites is 1. The van der Waals surface area contributed by atoms with E-state index in [1.165, 1.54) is 13.3 Å². The maximum absolute atomic E-state index is 13.5. The highest BCUT2D eigenvalue weighted by molar-refractivity contribution is 9.10. The van der Waals surface area contributed by atoms with Crippen molar-refractivity contribution in [2.75, 3.05) is 7.11 Å². The van der Waals surface area contributed by atoms with Crippen LogP contribution in [0.25, 0.3) is 22.0 Å². The summed E-state index contributed by atoms with van der Waals surface area (Å²) in [6.45, 7) is 2.06. The number of aromatic amines is 1. The van der Waals surface area contributed by atoms with Crippen LogP contribution in [-0.2, 0) is 6.42 Å². The molecule has 2 N–H and O–H groups in total. The Labute approximate surface area is 250 Å². The van der Waals surface area contributed by atoms with Gasteiger partial charge in [-0.25, -0.2) is 10.2 Å². The molecule has 0 aliphatic carbocycles. The number of nitrogens with one attached hydrogen (secondary N) is 2. The topological polar surface area (TPSA) is 92.8 Å². The number of carbonyl (C=O) groups excluding carboxylic acids is 2. The minimum Gasteiger partial charge on any atom is -0.497 e. The van der Waals surface area contributed by atoms with Crippen LogP contribution in [0.15, 0.2) is 94.5 Å². The SMILES string of the molecule is CCc1cccc2c(-c3ccccc3Cl)c(C(=O)NN=Cc3cc(Br)ccc3OC(=O)c3cccc(OC)c3)[nH]c12. The molecule has 4 aromatic carbocycles.